The van der Waals surface area contributed by atoms with Crippen LogP contribution in [0.25, 0.3) is 0 Å². The van der Waals surface area contributed by atoms with Gasteiger partial charge in [0.15, 0.2) is 5.11 Å². The minimum Gasteiger partial charge on any atom is -0.492 e. The summed E-state index contributed by atoms with van der Waals surface area (Å²) in [5.74, 6) is 0.263. The molecule has 1 unspecified atom stereocenters. The van der Waals surface area contributed by atoms with E-state index in [2.05, 4.69) is 38.8 Å². The molecule has 2 aromatic carbocycles. The van der Waals surface area contributed by atoms with Crippen LogP contribution in [0.3, 0.4) is 0 Å². The second-order valence-corrected chi connectivity index (χ2v) is 9.09. The van der Waals surface area contributed by atoms with Gasteiger partial charge in [-0.1, -0.05) is 33.1 Å². The zero-order valence-corrected chi connectivity index (χ0v) is 21.8. The van der Waals surface area contributed by atoms with Crippen LogP contribution in [-0.4, -0.2) is 29.6 Å². The molecule has 2 rings (SSSR count). The first kappa shape index (κ1) is 26.8. The second-order valence-electron chi connectivity index (χ2n) is 7.82. The van der Waals surface area contributed by atoms with E-state index in [4.69, 9.17) is 17.0 Å². The molecule has 33 heavy (non-hydrogen) atoms. The van der Waals surface area contributed by atoms with Crippen molar-refractivity contribution in [2.75, 3.05) is 11.9 Å². The van der Waals surface area contributed by atoms with E-state index in [-0.39, 0.29) is 23.0 Å². The third-order valence-corrected chi connectivity index (χ3v) is 5.90. The van der Waals surface area contributed by atoms with Crippen LogP contribution >= 0.6 is 28.1 Å². The molecule has 0 fully saturated rings. The third kappa shape index (κ3) is 9.14. The first-order valence-corrected chi connectivity index (χ1v) is 12.5. The van der Waals surface area contributed by atoms with Crippen LogP contribution in [0.4, 0.5) is 5.69 Å². The predicted molar refractivity (Wildman–Crippen MR) is 141 cm³/mol. The van der Waals surface area contributed by atoms with E-state index in [1.807, 2.05) is 13.8 Å². The Bertz CT molecular complexity index is 950. The van der Waals surface area contributed by atoms with Gasteiger partial charge in [0.2, 0.25) is 0 Å². The summed E-state index contributed by atoms with van der Waals surface area (Å²) in [6.45, 7) is 6.80. The minimum atomic E-state index is -0.327. The van der Waals surface area contributed by atoms with Crippen LogP contribution in [0.5, 0.6) is 5.75 Å². The largest absolute Gasteiger partial charge is 0.492 e. The van der Waals surface area contributed by atoms with Gasteiger partial charge in [0.25, 0.3) is 11.8 Å². The highest BCUT2D eigenvalue weighted by Crippen LogP contribution is 2.26. The molecule has 0 spiro atoms. The van der Waals surface area contributed by atoms with E-state index in [9.17, 15) is 9.59 Å². The topological polar surface area (TPSA) is 79.5 Å². The molecule has 3 N–H and O–H groups in total. The molecular weight excluding hydrogens is 502 g/mol. The molecule has 0 saturated carbocycles. The maximum absolute atomic E-state index is 12.6. The van der Waals surface area contributed by atoms with Gasteiger partial charge >= 0.3 is 0 Å². The lowest BCUT2D eigenvalue weighted by Gasteiger charge is -2.13. The maximum atomic E-state index is 12.6. The SMILES string of the molecule is CCCCCCOc1ccc(C(=O)NC(=S)Nc2ccc(C(=O)NC(C)CC)cc2)cc1Br. The van der Waals surface area contributed by atoms with Gasteiger partial charge in [-0.15, -0.1) is 0 Å². The molecule has 6 nitrogen and oxygen atoms in total. The Balaban J connectivity index is 1.86. The van der Waals surface area contributed by atoms with Crippen molar-refractivity contribution in [3.8, 4) is 5.75 Å². The summed E-state index contributed by atoms with van der Waals surface area (Å²) in [6.07, 6.45) is 5.41. The van der Waals surface area contributed by atoms with Crippen LogP contribution < -0.4 is 20.7 Å². The van der Waals surface area contributed by atoms with Crippen molar-refractivity contribution in [1.82, 2.24) is 10.6 Å². The van der Waals surface area contributed by atoms with Gasteiger partial charge in [-0.05, 0) is 90.4 Å². The number of unbranched alkanes of at least 4 members (excludes halogenated alkanes) is 3. The predicted octanol–water partition coefficient (Wildman–Crippen LogP) is 6.06. The Morgan fingerprint density at radius 1 is 1.00 bits per heavy atom. The zero-order valence-electron chi connectivity index (χ0n) is 19.4. The van der Waals surface area contributed by atoms with Crippen molar-refractivity contribution in [1.29, 1.82) is 0 Å². The highest BCUT2D eigenvalue weighted by atomic mass is 79.9. The van der Waals surface area contributed by atoms with Crippen LogP contribution in [-0.2, 0) is 0 Å². The molecule has 0 radical (unpaired) electrons. The van der Waals surface area contributed by atoms with Crippen molar-refractivity contribution in [2.45, 2.75) is 58.9 Å². The quantitative estimate of drug-likeness (QED) is 0.241. The van der Waals surface area contributed by atoms with Crippen molar-refractivity contribution < 1.29 is 14.3 Å². The first-order chi connectivity index (χ1) is 15.8. The lowest BCUT2D eigenvalue weighted by molar-refractivity contribution is 0.0937. The van der Waals surface area contributed by atoms with Gasteiger partial charge < -0.3 is 15.4 Å². The Morgan fingerprint density at radius 2 is 1.70 bits per heavy atom. The van der Waals surface area contributed by atoms with E-state index < -0.39 is 0 Å². The van der Waals surface area contributed by atoms with Gasteiger partial charge in [-0.2, -0.15) is 0 Å². The van der Waals surface area contributed by atoms with Crippen LogP contribution in [0.1, 0.15) is 73.6 Å². The molecule has 1 atom stereocenters. The van der Waals surface area contributed by atoms with Crippen LogP contribution in [0, 0.1) is 0 Å². The average molecular weight is 535 g/mol. The summed E-state index contributed by atoms with van der Waals surface area (Å²) in [5, 5.41) is 8.73. The fourth-order valence-electron chi connectivity index (χ4n) is 2.92. The van der Waals surface area contributed by atoms with Crippen molar-refractivity contribution in [3.05, 3.63) is 58.1 Å². The molecule has 0 aliphatic heterocycles. The molecule has 0 aromatic heterocycles. The van der Waals surface area contributed by atoms with Gasteiger partial charge in [0, 0.05) is 22.9 Å². The summed E-state index contributed by atoms with van der Waals surface area (Å²) >= 11 is 8.73. The zero-order chi connectivity index (χ0) is 24.2. The first-order valence-electron chi connectivity index (χ1n) is 11.3. The van der Waals surface area contributed by atoms with Gasteiger partial charge in [-0.25, -0.2) is 0 Å². The van der Waals surface area contributed by atoms with Gasteiger partial charge in [-0.3, -0.25) is 14.9 Å². The molecule has 178 valence electrons. The number of hydrogen-bond acceptors (Lipinski definition) is 4. The average Bonchev–Trinajstić information content (AvgIpc) is 2.80. The standard InChI is InChI=1S/C25H32BrN3O3S/c1-4-6-7-8-15-32-22-14-11-19(16-21(22)26)24(31)29-25(33)28-20-12-9-18(10-13-20)23(30)27-17(3)5-2/h9-14,16-17H,4-8,15H2,1-3H3,(H,27,30)(H2,28,29,31,33). The normalized spacial score (nSPS) is 11.4. The number of benzene rings is 2. The molecule has 8 heteroatoms. The summed E-state index contributed by atoms with van der Waals surface area (Å²) in [4.78, 5) is 24.7. The number of thiocarbonyl (C=S) groups is 1. The summed E-state index contributed by atoms with van der Waals surface area (Å²) < 4.78 is 6.51. The van der Waals surface area contributed by atoms with E-state index in [0.29, 0.717) is 29.2 Å². The highest BCUT2D eigenvalue weighted by Gasteiger charge is 2.12. The summed E-state index contributed by atoms with van der Waals surface area (Å²) in [7, 11) is 0. The maximum Gasteiger partial charge on any atom is 0.257 e. The second kappa shape index (κ2) is 14.0. The minimum absolute atomic E-state index is 0.115. The number of rotatable bonds is 11. The molecule has 0 aliphatic rings. The number of carbonyl (C=O) groups excluding carboxylic acids is 2. The number of anilines is 1. The lowest BCUT2D eigenvalue weighted by atomic mass is 10.1. The van der Waals surface area contributed by atoms with Gasteiger partial charge in [0.1, 0.15) is 5.75 Å². The van der Waals surface area contributed by atoms with E-state index in [1.54, 1.807) is 42.5 Å². The monoisotopic (exact) mass is 533 g/mol. The van der Waals surface area contributed by atoms with Crippen LogP contribution in [0.2, 0.25) is 0 Å². The molecule has 0 bridgehead atoms. The molecule has 0 heterocycles. The number of nitrogens with one attached hydrogen (secondary N) is 3. The van der Waals surface area contributed by atoms with Crippen molar-refractivity contribution in [2.24, 2.45) is 0 Å². The van der Waals surface area contributed by atoms with Crippen molar-refractivity contribution in [3.63, 3.8) is 0 Å². The third-order valence-electron chi connectivity index (χ3n) is 5.07. The smallest absolute Gasteiger partial charge is 0.257 e. The number of amides is 2. The van der Waals surface area contributed by atoms with Gasteiger partial charge in [0.05, 0.1) is 11.1 Å². The number of hydrogen-bond donors (Lipinski definition) is 3. The molecular formula is C25H32BrN3O3S. The van der Waals surface area contributed by atoms with Crippen LogP contribution in [0.15, 0.2) is 46.9 Å². The van der Waals surface area contributed by atoms with E-state index in [1.165, 1.54) is 12.8 Å². The number of halogens is 1. The van der Waals surface area contributed by atoms with Crippen molar-refractivity contribution >= 4 is 50.8 Å². The summed E-state index contributed by atoms with van der Waals surface area (Å²) in [6, 6.07) is 12.2. The molecule has 2 aromatic rings. The summed E-state index contributed by atoms with van der Waals surface area (Å²) in [5.41, 5.74) is 1.70. The lowest BCUT2D eigenvalue weighted by Crippen LogP contribution is -2.34. The Labute approximate surface area is 210 Å². The Kier molecular flexibility index (Phi) is 11.3. The number of ether oxygens (including phenoxy) is 1. The Hall–Kier alpha value is -2.45. The fraction of sp³-hybridized carbons (Fsp3) is 0.400. The fourth-order valence-corrected chi connectivity index (χ4v) is 3.63. The molecule has 0 saturated heterocycles. The molecule has 0 aliphatic carbocycles. The van der Waals surface area contributed by atoms with E-state index in [0.717, 1.165) is 23.7 Å². The van der Waals surface area contributed by atoms with E-state index >= 15 is 0 Å². The highest BCUT2D eigenvalue weighted by molar-refractivity contribution is 9.10. The molecule has 2 amide bonds. The number of carbonyl (C=O) groups is 2. The Morgan fingerprint density at radius 3 is 2.33 bits per heavy atom.